The third-order valence-electron chi connectivity index (χ3n) is 6.39. The summed E-state index contributed by atoms with van der Waals surface area (Å²) >= 11 is 1.53. The summed E-state index contributed by atoms with van der Waals surface area (Å²) in [4.78, 5) is 24.9. The number of carbonyl (C=O) groups excluding carboxylic acids is 2. The van der Waals surface area contributed by atoms with E-state index in [0.29, 0.717) is 17.7 Å². The standard InChI is InChI=1S/C33H31NO3S.Li/c1-23-9-6-7-14-28(23)30-22-25(17-18-29(30)32(35)34-31(33(36)37)19-20-38-2)16-15-24-10-8-13-27(21-24)26-11-4-3-5-12-26;/h3-18,21-22,31H,19-20H2,1-2H3,(H,34,35)(H,36,37);/q;+1/p-1/t31-;/m0./s1. The van der Waals surface area contributed by atoms with Crippen LogP contribution in [-0.2, 0) is 4.79 Å². The number of rotatable bonds is 10. The Balaban J connectivity index is 0.00000420. The van der Waals surface area contributed by atoms with Gasteiger partial charge in [0.15, 0.2) is 0 Å². The molecule has 0 saturated heterocycles. The number of aryl methyl sites for hydroxylation is 1. The van der Waals surface area contributed by atoms with Crippen molar-refractivity contribution in [3.8, 4) is 22.3 Å². The molecule has 1 amide bonds. The largest absolute Gasteiger partial charge is 1.00 e. The molecule has 0 aromatic heterocycles. The van der Waals surface area contributed by atoms with Gasteiger partial charge in [-0.05, 0) is 82.5 Å². The van der Waals surface area contributed by atoms with Gasteiger partial charge in [0, 0.05) is 5.56 Å². The second-order valence-electron chi connectivity index (χ2n) is 9.07. The molecule has 0 bridgehead atoms. The van der Waals surface area contributed by atoms with Gasteiger partial charge in [-0.1, -0.05) is 91.0 Å². The molecule has 0 saturated carbocycles. The van der Waals surface area contributed by atoms with Crippen LogP contribution < -0.4 is 29.3 Å². The summed E-state index contributed by atoms with van der Waals surface area (Å²) in [5.41, 5.74) is 7.43. The zero-order valence-electron chi connectivity index (χ0n) is 22.5. The Morgan fingerprint density at radius 2 is 1.49 bits per heavy atom. The van der Waals surface area contributed by atoms with E-state index in [1.807, 2.05) is 79.9 Å². The van der Waals surface area contributed by atoms with Gasteiger partial charge in [-0.15, -0.1) is 0 Å². The van der Waals surface area contributed by atoms with Crippen molar-refractivity contribution in [1.29, 1.82) is 0 Å². The van der Waals surface area contributed by atoms with Crippen molar-refractivity contribution < 1.29 is 33.6 Å². The molecule has 0 unspecified atom stereocenters. The van der Waals surface area contributed by atoms with Crippen LogP contribution in [0.1, 0.15) is 33.5 Å². The molecule has 192 valence electrons. The minimum atomic E-state index is -1.28. The maximum atomic E-state index is 13.3. The molecule has 1 N–H and O–H groups in total. The van der Waals surface area contributed by atoms with E-state index in [4.69, 9.17) is 0 Å². The normalized spacial score (nSPS) is 11.5. The molecule has 4 aromatic carbocycles. The van der Waals surface area contributed by atoms with Crippen LogP contribution in [0.3, 0.4) is 0 Å². The Hall–Kier alpha value is -3.49. The Morgan fingerprint density at radius 3 is 2.18 bits per heavy atom. The molecule has 1 atom stereocenters. The molecule has 6 heteroatoms. The maximum Gasteiger partial charge on any atom is 1.00 e. The van der Waals surface area contributed by atoms with Crippen LogP contribution in [-0.4, -0.2) is 29.9 Å². The van der Waals surface area contributed by atoms with Crippen molar-refractivity contribution in [2.45, 2.75) is 19.4 Å². The van der Waals surface area contributed by atoms with E-state index < -0.39 is 17.9 Å². The molecule has 0 spiro atoms. The minimum Gasteiger partial charge on any atom is -0.548 e. The van der Waals surface area contributed by atoms with Gasteiger partial charge in [-0.2, -0.15) is 11.8 Å². The summed E-state index contributed by atoms with van der Waals surface area (Å²) < 4.78 is 0. The first-order chi connectivity index (χ1) is 18.5. The quantitative estimate of drug-likeness (QED) is 0.254. The predicted molar refractivity (Wildman–Crippen MR) is 157 cm³/mol. The zero-order valence-corrected chi connectivity index (χ0v) is 23.3. The average Bonchev–Trinajstić information content (AvgIpc) is 2.94. The van der Waals surface area contributed by atoms with Gasteiger partial charge < -0.3 is 15.2 Å². The molecule has 4 nitrogen and oxygen atoms in total. The number of carboxylic acid groups (broad SMARTS) is 1. The Labute approximate surface area is 246 Å². The van der Waals surface area contributed by atoms with Crippen LogP contribution in [0.5, 0.6) is 0 Å². The summed E-state index contributed by atoms with van der Waals surface area (Å²) in [5, 5.41) is 14.3. The van der Waals surface area contributed by atoms with Crippen molar-refractivity contribution in [3.05, 3.63) is 119 Å². The van der Waals surface area contributed by atoms with E-state index in [0.717, 1.165) is 38.9 Å². The number of hydrogen-bond donors (Lipinski definition) is 1. The molecule has 0 fully saturated rings. The molecule has 0 heterocycles. The van der Waals surface area contributed by atoms with Gasteiger partial charge in [0.05, 0.1) is 12.0 Å². The summed E-state index contributed by atoms with van der Waals surface area (Å²) in [6.07, 6.45) is 6.28. The first-order valence-electron chi connectivity index (χ1n) is 12.5. The van der Waals surface area contributed by atoms with Gasteiger partial charge in [0.2, 0.25) is 0 Å². The molecular weight excluding hydrogens is 497 g/mol. The van der Waals surface area contributed by atoms with Crippen molar-refractivity contribution in [2.75, 3.05) is 12.0 Å². The summed E-state index contributed by atoms with van der Waals surface area (Å²) in [6, 6.07) is 31.0. The van der Waals surface area contributed by atoms with E-state index in [-0.39, 0.29) is 18.9 Å². The Bertz CT molecular complexity index is 1450. The molecule has 39 heavy (non-hydrogen) atoms. The Kier molecular flexibility index (Phi) is 11.3. The number of thioether (sulfide) groups is 1. The van der Waals surface area contributed by atoms with Crippen LogP contribution in [0.4, 0.5) is 0 Å². The number of aliphatic carboxylic acids is 1. The number of carboxylic acids is 1. The van der Waals surface area contributed by atoms with E-state index in [1.54, 1.807) is 6.07 Å². The van der Waals surface area contributed by atoms with Crippen molar-refractivity contribution in [3.63, 3.8) is 0 Å². The maximum absolute atomic E-state index is 13.3. The van der Waals surface area contributed by atoms with Crippen LogP contribution in [0.15, 0.2) is 97.1 Å². The average molecular weight is 528 g/mol. The van der Waals surface area contributed by atoms with Crippen LogP contribution in [0.25, 0.3) is 34.4 Å². The van der Waals surface area contributed by atoms with Gasteiger partial charge in [0.25, 0.3) is 5.91 Å². The molecule has 0 radical (unpaired) electrons. The number of hydrogen-bond acceptors (Lipinski definition) is 4. The molecular formula is C33H30LiNO3S. The molecule has 4 aromatic rings. The monoisotopic (exact) mass is 527 g/mol. The molecule has 0 aliphatic heterocycles. The summed E-state index contributed by atoms with van der Waals surface area (Å²) in [6.45, 7) is 2.00. The van der Waals surface area contributed by atoms with Crippen molar-refractivity contribution in [2.24, 2.45) is 0 Å². The molecule has 0 aliphatic rings. The fraction of sp³-hybridized carbons (Fsp3) is 0.152. The van der Waals surface area contributed by atoms with Crippen molar-refractivity contribution >= 4 is 35.8 Å². The van der Waals surface area contributed by atoms with Gasteiger partial charge in [-0.25, -0.2) is 0 Å². The number of carbonyl (C=O) groups is 2. The van der Waals surface area contributed by atoms with Crippen LogP contribution in [0.2, 0.25) is 0 Å². The third kappa shape index (κ3) is 8.00. The fourth-order valence-corrected chi connectivity index (χ4v) is 4.80. The Morgan fingerprint density at radius 1 is 0.821 bits per heavy atom. The van der Waals surface area contributed by atoms with E-state index >= 15 is 0 Å². The topological polar surface area (TPSA) is 69.2 Å². The van der Waals surface area contributed by atoms with Gasteiger partial charge in [0.1, 0.15) is 0 Å². The first kappa shape index (κ1) is 30.1. The number of amides is 1. The number of nitrogens with one attached hydrogen (secondary N) is 1. The smallest absolute Gasteiger partial charge is 0.548 e. The van der Waals surface area contributed by atoms with Crippen LogP contribution in [0, 0.1) is 6.92 Å². The van der Waals surface area contributed by atoms with Crippen molar-refractivity contribution in [1.82, 2.24) is 5.32 Å². The second-order valence-corrected chi connectivity index (χ2v) is 10.1. The molecule has 4 rings (SSSR count). The SMILES string of the molecule is CSCC[C@H](NC(=O)c1ccc(C=Cc2cccc(-c3ccccc3)c2)cc1-c1ccccc1C)C(=O)[O-].[Li+]. The summed E-state index contributed by atoms with van der Waals surface area (Å²) in [7, 11) is 0. The van der Waals surface area contributed by atoms with E-state index in [1.165, 1.54) is 11.8 Å². The van der Waals surface area contributed by atoms with E-state index in [2.05, 4.69) is 41.7 Å². The molecule has 0 aliphatic carbocycles. The predicted octanol–water partition coefficient (Wildman–Crippen LogP) is 3.10. The number of benzene rings is 4. The summed E-state index contributed by atoms with van der Waals surface area (Å²) in [5.74, 6) is -1.09. The van der Waals surface area contributed by atoms with Gasteiger partial charge in [-0.3, -0.25) is 4.79 Å². The minimum absolute atomic E-state index is 0. The second kappa shape index (κ2) is 14.6. The fourth-order valence-electron chi connectivity index (χ4n) is 4.33. The zero-order chi connectivity index (χ0) is 26.9. The first-order valence-corrected chi connectivity index (χ1v) is 13.9. The van der Waals surface area contributed by atoms with Gasteiger partial charge >= 0.3 is 18.9 Å². The third-order valence-corrected chi connectivity index (χ3v) is 7.03. The van der Waals surface area contributed by atoms with E-state index in [9.17, 15) is 14.7 Å². The van der Waals surface area contributed by atoms with Crippen LogP contribution >= 0.6 is 11.8 Å².